The number of aryl methyl sites for hydroxylation is 1. The molecule has 0 spiro atoms. The molecule has 2 aromatic carbocycles. The largest absolute Gasteiger partial charge is 0.480 e. The van der Waals surface area contributed by atoms with Crippen LogP contribution in [0.15, 0.2) is 48.7 Å². The number of rotatable bonds is 4. The highest BCUT2D eigenvalue weighted by molar-refractivity contribution is 5.96. The number of carbonyl (C=O) groups excluding carboxylic acids is 2. The zero-order valence-corrected chi connectivity index (χ0v) is 14.5. The quantitative estimate of drug-likeness (QED) is 0.421. The predicted molar refractivity (Wildman–Crippen MR) is 99.7 cm³/mol. The summed E-state index contributed by atoms with van der Waals surface area (Å²) in [6, 6.07) is 13.2. The van der Waals surface area contributed by atoms with E-state index in [-0.39, 0.29) is 12.3 Å². The topological polar surface area (TPSA) is 103 Å². The Kier molecular flexibility index (Phi) is 4.52. The number of hydrogen-bond acceptors (Lipinski definition) is 4. The number of aromatic amines is 1. The zero-order chi connectivity index (χ0) is 18.8. The first-order valence-corrected chi connectivity index (χ1v) is 8.72. The maximum absolute atomic E-state index is 12.4. The van der Waals surface area contributed by atoms with E-state index in [2.05, 4.69) is 10.3 Å². The molecule has 0 bridgehead atoms. The van der Waals surface area contributed by atoms with Crippen LogP contribution in [0, 0.1) is 0 Å². The zero-order valence-electron chi connectivity index (χ0n) is 14.5. The smallest absolute Gasteiger partial charge is 0.284 e. The number of ether oxygens (including phenoxy) is 1. The second kappa shape index (κ2) is 7.13. The van der Waals surface area contributed by atoms with E-state index < -0.39 is 12.0 Å². The lowest BCUT2D eigenvalue weighted by atomic mass is 10.0. The van der Waals surface area contributed by atoms with Gasteiger partial charge in [0.15, 0.2) is 6.10 Å². The number of anilines is 1. The molecule has 0 fully saturated rings. The van der Waals surface area contributed by atoms with Crippen LogP contribution < -0.4 is 15.5 Å². The summed E-state index contributed by atoms with van der Waals surface area (Å²) in [6.07, 6.45) is 2.52. The number of benzene rings is 2. The SMILES string of the molecule is O=C(Cc1c[nH]c2ccccc12)Nc1ccc2c(c1)CCC(C(=O)NO)O2. The number of hydroxylamine groups is 1. The van der Waals surface area contributed by atoms with Crippen molar-refractivity contribution in [2.45, 2.75) is 25.4 Å². The molecule has 0 aliphatic carbocycles. The Labute approximate surface area is 155 Å². The van der Waals surface area contributed by atoms with E-state index in [0.29, 0.717) is 24.3 Å². The molecule has 0 radical (unpaired) electrons. The van der Waals surface area contributed by atoms with Crippen LogP contribution in [0.2, 0.25) is 0 Å². The van der Waals surface area contributed by atoms with Gasteiger partial charge in [-0.2, -0.15) is 0 Å². The summed E-state index contributed by atoms with van der Waals surface area (Å²) < 4.78 is 5.59. The second-order valence-corrected chi connectivity index (χ2v) is 6.53. The van der Waals surface area contributed by atoms with Crippen molar-refractivity contribution in [1.29, 1.82) is 0 Å². The van der Waals surface area contributed by atoms with Gasteiger partial charge in [-0.3, -0.25) is 14.8 Å². The summed E-state index contributed by atoms with van der Waals surface area (Å²) in [5.41, 5.74) is 5.17. The van der Waals surface area contributed by atoms with Crippen molar-refractivity contribution >= 4 is 28.4 Å². The van der Waals surface area contributed by atoms with Gasteiger partial charge in [-0.05, 0) is 48.2 Å². The van der Waals surface area contributed by atoms with Gasteiger partial charge in [0.25, 0.3) is 5.91 Å². The lowest BCUT2D eigenvalue weighted by Gasteiger charge is -2.24. The molecule has 138 valence electrons. The number of fused-ring (bicyclic) bond motifs is 2. The number of amides is 2. The molecule has 7 heteroatoms. The minimum atomic E-state index is -0.704. The molecular formula is C20H19N3O4. The Morgan fingerprint density at radius 2 is 2.07 bits per heavy atom. The third-order valence-corrected chi connectivity index (χ3v) is 4.72. The first-order valence-electron chi connectivity index (χ1n) is 8.72. The average Bonchev–Trinajstić information content (AvgIpc) is 3.09. The fourth-order valence-corrected chi connectivity index (χ4v) is 3.38. The van der Waals surface area contributed by atoms with E-state index in [1.807, 2.05) is 36.5 Å². The first-order chi connectivity index (χ1) is 13.1. The number of hydrogen-bond donors (Lipinski definition) is 4. The maximum Gasteiger partial charge on any atom is 0.284 e. The minimum Gasteiger partial charge on any atom is -0.480 e. The van der Waals surface area contributed by atoms with E-state index in [9.17, 15) is 9.59 Å². The van der Waals surface area contributed by atoms with E-state index in [4.69, 9.17) is 9.94 Å². The van der Waals surface area contributed by atoms with Crippen molar-refractivity contribution in [2.75, 3.05) is 5.32 Å². The molecule has 1 aromatic heterocycles. The van der Waals surface area contributed by atoms with Gasteiger partial charge in [-0.1, -0.05) is 18.2 Å². The first kappa shape index (κ1) is 17.1. The molecule has 7 nitrogen and oxygen atoms in total. The number of para-hydroxylation sites is 1. The Bertz CT molecular complexity index is 1010. The fourth-order valence-electron chi connectivity index (χ4n) is 3.38. The van der Waals surface area contributed by atoms with E-state index in [0.717, 1.165) is 22.0 Å². The van der Waals surface area contributed by atoms with Crippen LogP contribution in [0.4, 0.5) is 5.69 Å². The molecule has 3 aromatic rings. The standard InChI is InChI=1S/C20H19N3O4/c24-19(10-13-11-21-16-4-2-1-3-15(13)16)22-14-6-8-17-12(9-14)5-7-18(27-17)20(25)23-26/h1-4,6,8-9,11,18,21,26H,5,7,10H2,(H,22,24)(H,23,25). The molecule has 1 aliphatic heterocycles. The van der Waals surface area contributed by atoms with Crippen LogP contribution >= 0.6 is 0 Å². The number of aromatic nitrogens is 1. The molecule has 4 N–H and O–H groups in total. The molecule has 0 saturated heterocycles. The average molecular weight is 365 g/mol. The van der Waals surface area contributed by atoms with Gasteiger partial charge in [-0.25, -0.2) is 5.48 Å². The highest BCUT2D eigenvalue weighted by Gasteiger charge is 2.26. The van der Waals surface area contributed by atoms with Crippen molar-refractivity contribution in [2.24, 2.45) is 0 Å². The number of H-pyrrole nitrogens is 1. The Morgan fingerprint density at radius 3 is 2.93 bits per heavy atom. The van der Waals surface area contributed by atoms with Crippen LogP contribution in [0.5, 0.6) is 5.75 Å². The maximum atomic E-state index is 12.4. The molecule has 2 heterocycles. The lowest BCUT2D eigenvalue weighted by Crippen LogP contribution is -2.38. The van der Waals surface area contributed by atoms with Gasteiger partial charge in [0, 0.05) is 22.8 Å². The van der Waals surface area contributed by atoms with E-state index >= 15 is 0 Å². The third-order valence-electron chi connectivity index (χ3n) is 4.72. The summed E-state index contributed by atoms with van der Waals surface area (Å²) in [5.74, 6) is -0.0739. The van der Waals surface area contributed by atoms with Crippen molar-refractivity contribution in [1.82, 2.24) is 10.5 Å². The van der Waals surface area contributed by atoms with E-state index in [1.54, 1.807) is 17.6 Å². The molecule has 2 amide bonds. The van der Waals surface area contributed by atoms with Crippen LogP contribution in [0.25, 0.3) is 10.9 Å². The summed E-state index contributed by atoms with van der Waals surface area (Å²) in [6.45, 7) is 0. The Hall–Kier alpha value is -3.32. The van der Waals surface area contributed by atoms with Crippen LogP contribution in [-0.4, -0.2) is 28.1 Å². The van der Waals surface area contributed by atoms with Crippen molar-refractivity contribution in [3.8, 4) is 5.75 Å². The van der Waals surface area contributed by atoms with E-state index in [1.165, 1.54) is 0 Å². The van der Waals surface area contributed by atoms with Crippen molar-refractivity contribution in [3.05, 3.63) is 59.8 Å². The lowest BCUT2D eigenvalue weighted by molar-refractivity contribution is -0.137. The highest BCUT2D eigenvalue weighted by Crippen LogP contribution is 2.30. The number of carbonyl (C=O) groups is 2. The molecule has 1 atom stereocenters. The Balaban J connectivity index is 1.44. The summed E-state index contributed by atoms with van der Waals surface area (Å²) in [5, 5.41) is 12.7. The highest BCUT2D eigenvalue weighted by atomic mass is 16.5. The van der Waals surface area contributed by atoms with Gasteiger partial charge in [0.2, 0.25) is 5.91 Å². The predicted octanol–water partition coefficient (Wildman–Crippen LogP) is 2.55. The molecule has 0 saturated carbocycles. The molecule has 27 heavy (non-hydrogen) atoms. The fraction of sp³-hybridized carbons (Fsp3) is 0.200. The molecule has 1 unspecified atom stereocenters. The molecular weight excluding hydrogens is 346 g/mol. The van der Waals surface area contributed by atoms with Gasteiger partial charge in [0.1, 0.15) is 5.75 Å². The van der Waals surface area contributed by atoms with Gasteiger partial charge < -0.3 is 15.0 Å². The van der Waals surface area contributed by atoms with Crippen LogP contribution in [-0.2, 0) is 22.4 Å². The van der Waals surface area contributed by atoms with Crippen molar-refractivity contribution in [3.63, 3.8) is 0 Å². The number of nitrogens with one attached hydrogen (secondary N) is 3. The minimum absolute atomic E-state index is 0.103. The van der Waals surface area contributed by atoms with Crippen LogP contribution in [0.3, 0.4) is 0 Å². The third kappa shape index (κ3) is 3.50. The molecule has 4 rings (SSSR count). The van der Waals surface area contributed by atoms with Crippen molar-refractivity contribution < 1.29 is 19.5 Å². The summed E-state index contributed by atoms with van der Waals surface area (Å²) in [7, 11) is 0. The summed E-state index contributed by atoms with van der Waals surface area (Å²) >= 11 is 0. The van der Waals surface area contributed by atoms with Crippen LogP contribution in [0.1, 0.15) is 17.5 Å². The normalized spacial score (nSPS) is 15.7. The monoisotopic (exact) mass is 365 g/mol. The molecule has 1 aliphatic rings. The van der Waals surface area contributed by atoms with Gasteiger partial charge >= 0.3 is 0 Å². The van der Waals surface area contributed by atoms with Gasteiger partial charge in [-0.15, -0.1) is 0 Å². The Morgan fingerprint density at radius 1 is 1.22 bits per heavy atom. The van der Waals surface area contributed by atoms with Gasteiger partial charge in [0.05, 0.1) is 6.42 Å². The summed E-state index contributed by atoms with van der Waals surface area (Å²) in [4.78, 5) is 27.1. The second-order valence-electron chi connectivity index (χ2n) is 6.53.